The van der Waals surface area contributed by atoms with Crippen molar-refractivity contribution in [3.8, 4) is 5.75 Å². The number of fused-ring (bicyclic) bond motifs is 2. The smallest absolute Gasteiger partial charge is 0.326 e. The fourth-order valence-electron chi connectivity index (χ4n) is 7.24. The number of aromatic nitrogens is 2. The van der Waals surface area contributed by atoms with Gasteiger partial charge in [0, 0.05) is 36.3 Å². The molecule has 4 amide bonds. The number of aromatic hydroxyl groups is 1. The number of carbonyl (C=O) groups excluding carboxylic acids is 4. The summed E-state index contributed by atoms with van der Waals surface area (Å²) in [5, 5.41) is 21.6. The van der Waals surface area contributed by atoms with Crippen molar-refractivity contribution in [1.29, 1.82) is 0 Å². The molecule has 1 aliphatic carbocycles. The highest BCUT2D eigenvalue weighted by molar-refractivity contribution is 7.92. The molecule has 1 saturated carbocycles. The lowest BCUT2D eigenvalue weighted by atomic mass is 9.77. The van der Waals surface area contributed by atoms with Gasteiger partial charge in [0.05, 0.1) is 17.1 Å². The number of benzene rings is 3. The number of nitrogens with zero attached hydrogens (tertiary/aromatic N) is 3. The van der Waals surface area contributed by atoms with Gasteiger partial charge in [0.1, 0.15) is 18.0 Å². The van der Waals surface area contributed by atoms with Crippen molar-refractivity contribution in [2.75, 3.05) is 16.2 Å². The first-order chi connectivity index (χ1) is 22.9. The van der Waals surface area contributed by atoms with E-state index in [9.17, 15) is 32.7 Å². The molecule has 1 atom stereocenters. The summed E-state index contributed by atoms with van der Waals surface area (Å²) in [5.41, 5.74) is 2.58. The summed E-state index contributed by atoms with van der Waals surface area (Å²) < 4.78 is 43.8. The van der Waals surface area contributed by atoms with Crippen molar-refractivity contribution in [2.45, 2.75) is 56.8 Å². The number of piperidine rings is 1. The van der Waals surface area contributed by atoms with Crippen molar-refractivity contribution in [2.24, 2.45) is 13.0 Å². The van der Waals surface area contributed by atoms with Gasteiger partial charge in [-0.1, -0.05) is 12.1 Å². The van der Waals surface area contributed by atoms with Crippen LogP contribution in [0.4, 0.5) is 15.8 Å². The molecule has 13 nitrogen and oxygen atoms in total. The third kappa shape index (κ3) is 5.71. The van der Waals surface area contributed by atoms with Crippen molar-refractivity contribution in [3.05, 3.63) is 59.5 Å². The molecular weight excluding hydrogens is 643 g/mol. The lowest BCUT2D eigenvalue weighted by Gasteiger charge is -2.28. The van der Waals surface area contributed by atoms with E-state index in [2.05, 4.69) is 27.9 Å². The summed E-state index contributed by atoms with van der Waals surface area (Å²) >= 11 is 0. The maximum atomic E-state index is 15.4. The van der Waals surface area contributed by atoms with Gasteiger partial charge in [-0.15, -0.1) is 0 Å². The monoisotopic (exact) mass is 676 g/mol. The Morgan fingerprint density at radius 2 is 1.77 bits per heavy atom. The highest BCUT2D eigenvalue weighted by atomic mass is 32.2. The number of rotatable bonds is 6. The van der Waals surface area contributed by atoms with E-state index in [0.29, 0.717) is 40.9 Å². The Balaban J connectivity index is 0.982. The molecule has 4 N–H and O–H groups in total. The van der Waals surface area contributed by atoms with Crippen LogP contribution in [0, 0.1) is 11.7 Å². The van der Waals surface area contributed by atoms with Crippen LogP contribution in [0.25, 0.3) is 21.7 Å². The molecule has 1 unspecified atom stereocenters. The summed E-state index contributed by atoms with van der Waals surface area (Å²) in [7, 11) is -2.47. The van der Waals surface area contributed by atoms with Crippen LogP contribution in [0.1, 0.15) is 68.0 Å². The van der Waals surface area contributed by atoms with Crippen LogP contribution < -0.4 is 19.7 Å². The highest BCUT2D eigenvalue weighted by Gasteiger charge is 2.38. The molecule has 0 radical (unpaired) electrons. The fraction of sp³-hybridized carbons (Fsp3) is 0.364. The summed E-state index contributed by atoms with van der Waals surface area (Å²) in [6.45, 7) is -0.651. The second kappa shape index (κ2) is 11.9. The zero-order chi connectivity index (χ0) is 33.9. The van der Waals surface area contributed by atoms with Gasteiger partial charge in [-0.3, -0.25) is 29.2 Å². The first-order valence-corrected chi connectivity index (χ1v) is 17.2. The van der Waals surface area contributed by atoms with Gasteiger partial charge in [-0.25, -0.2) is 13.4 Å². The van der Waals surface area contributed by atoms with Crippen LogP contribution in [0.2, 0.25) is 0 Å². The molecule has 2 saturated heterocycles. The molecule has 0 bridgehead atoms. The van der Waals surface area contributed by atoms with Gasteiger partial charge in [0.25, 0.3) is 5.91 Å². The van der Waals surface area contributed by atoms with Gasteiger partial charge in [-0.05, 0) is 85.2 Å². The van der Waals surface area contributed by atoms with Gasteiger partial charge >= 0.3 is 10.2 Å². The molecule has 4 aromatic rings. The van der Waals surface area contributed by atoms with E-state index in [-0.39, 0.29) is 34.4 Å². The molecule has 3 heterocycles. The molecule has 2 aliphatic heterocycles. The maximum absolute atomic E-state index is 15.4. The van der Waals surface area contributed by atoms with Crippen molar-refractivity contribution >= 4 is 66.9 Å². The Labute approximate surface area is 274 Å². The van der Waals surface area contributed by atoms with Crippen molar-refractivity contribution < 1.29 is 37.1 Å². The fourth-order valence-corrected chi connectivity index (χ4v) is 8.40. The first kappa shape index (κ1) is 31.5. The number of anilines is 2. The van der Waals surface area contributed by atoms with E-state index in [4.69, 9.17) is 0 Å². The molecule has 3 aliphatic rings. The number of hydrogen-bond donors (Lipinski definition) is 4. The summed E-state index contributed by atoms with van der Waals surface area (Å²) in [5.74, 6) is -3.21. The third-order valence-electron chi connectivity index (χ3n) is 9.65. The molecule has 0 spiro atoms. The summed E-state index contributed by atoms with van der Waals surface area (Å²) in [6.07, 6.45) is 4.58. The molecule has 1 aromatic heterocycles. The molecule has 48 heavy (non-hydrogen) atoms. The number of carbonyl (C=O) groups is 4. The Hall–Kier alpha value is -5.05. The minimum absolute atomic E-state index is 0.0187. The van der Waals surface area contributed by atoms with E-state index in [1.165, 1.54) is 29.8 Å². The second-order valence-corrected chi connectivity index (χ2v) is 14.4. The largest absolute Gasteiger partial charge is 0.506 e. The number of nitrogens with one attached hydrogen (secondary N) is 3. The number of imide groups is 1. The van der Waals surface area contributed by atoms with Crippen LogP contribution in [0.15, 0.2) is 42.5 Å². The number of hydrogen-bond acceptors (Lipinski definition) is 8. The lowest BCUT2D eigenvalue weighted by molar-refractivity contribution is -0.134. The van der Waals surface area contributed by atoms with Crippen molar-refractivity contribution in [1.82, 2.24) is 19.8 Å². The molecule has 15 heteroatoms. The van der Waals surface area contributed by atoms with Crippen LogP contribution in [0.5, 0.6) is 5.75 Å². The van der Waals surface area contributed by atoms with Crippen LogP contribution >= 0.6 is 0 Å². The molecule has 250 valence electrons. The number of aryl methyl sites for hydroxylation is 1. The minimum Gasteiger partial charge on any atom is -0.506 e. The average molecular weight is 677 g/mol. The Morgan fingerprint density at radius 1 is 1.02 bits per heavy atom. The quantitative estimate of drug-likeness (QED) is 0.224. The van der Waals surface area contributed by atoms with Crippen LogP contribution in [-0.2, 0) is 36.4 Å². The van der Waals surface area contributed by atoms with E-state index in [1.807, 2.05) is 13.1 Å². The van der Waals surface area contributed by atoms with E-state index in [0.717, 1.165) is 36.6 Å². The highest BCUT2D eigenvalue weighted by Crippen LogP contribution is 2.41. The zero-order valence-corrected chi connectivity index (χ0v) is 26.8. The SMILES string of the molecule is Cn1nc(C2CCC(=O)NC2=O)c2ccc([C@H]3CC[C@H](CC(=O)Nc4ccc5c(F)c(N6CC(=O)NS6(=O)=O)c(O)cc5c4)CC3)cc21. The molecular formula is C33H33FN6O7S. The number of halogens is 1. The molecule has 3 fully saturated rings. The Morgan fingerprint density at radius 3 is 2.48 bits per heavy atom. The standard InChI is InChI=1S/C33H33FN6O7S/c1-39-25-14-19(6-8-23(25)31(37-39)24-10-11-27(42)36-33(24)45)18-4-2-17(3-5-18)12-28(43)35-21-7-9-22-20(13-21)15-26(41)32(30(22)34)40-16-29(44)38-48(40,46)47/h6-9,13-15,17-18,24,41H,2-5,10-12,16H2,1H3,(H,35,43)(H,38,44)(H,36,42,45)/t17-,18-,24?. The maximum Gasteiger partial charge on any atom is 0.326 e. The van der Waals surface area contributed by atoms with Gasteiger partial charge in [-0.2, -0.15) is 13.5 Å². The van der Waals surface area contributed by atoms with E-state index in [1.54, 1.807) is 9.40 Å². The normalized spacial score (nSPS) is 22.6. The average Bonchev–Trinajstić information content (AvgIpc) is 3.50. The van der Waals surface area contributed by atoms with E-state index >= 15 is 4.39 Å². The topological polar surface area (TPSA) is 180 Å². The molecule has 7 rings (SSSR count). The summed E-state index contributed by atoms with van der Waals surface area (Å²) in [6, 6.07) is 11.8. The van der Waals surface area contributed by atoms with Gasteiger partial charge in [0.15, 0.2) is 5.82 Å². The predicted molar refractivity (Wildman–Crippen MR) is 174 cm³/mol. The number of phenolic OH excluding ortho intramolecular Hbond substituents is 1. The van der Waals surface area contributed by atoms with Gasteiger partial charge in [0.2, 0.25) is 17.7 Å². The van der Waals surface area contributed by atoms with Crippen molar-refractivity contribution in [3.63, 3.8) is 0 Å². The predicted octanol–water partition coefficient (Wildman–Crippen LogP) is 3.58. The second-order valence-electron chi connectivity index (χ2n) is 12.8. The Bertz CT molecular complexity index is 2140. The van der Waals surface area contributed by atoms with Gasteiger partial charge < -0.3 is 10.4 Å². The number of amides is 4. The van der Waals surface area contributed by atoms with E-state index < -0.39 is 45.8 Å². The minimum atomic E-state index is -4.32. The molecule has 3 aromatic carbocycles. The zero-order valence-electron chi connectivity index (χ0n) is 26.0. The Kier molecular flexibility index (Phi) is 7.81. The first-order valence-electron chi connectivity index (χ1n) is 15.8. The number of phenols is 1. The lowest BCUT2D eigenvalue weighted by Crippen LogP contribution is -2.39. The van der Waals surface area contributed by atoms with Crippen LogP contribution in [-0.4, -0.2) is 53.5 Å². The third-order valence-corrected chi connectivity index (χ3v) is 11.0. The van der Waals surface area contributed by atoms with Crippen LogP contribution in [0.3, 0.4) is 0 Å². The summed E-state index contributed by atoms with van der Waals surface area (Å²) in [4.78, 5) is 48.7.